The van der Waals surface area contributed by atoms with E-state index < -0.39 is 10.0 Å². The average molecular weight is 402 g/mol. The number of nitrogens with one attached hydrogen (secondary N) is 1. The van der Waals surface area contributed by atoms with E-state index in [4.69, 9.17) is 23.2 Å². The maximum absolute atomic E-state index is 12.2. The standard InChI is InChI=1S/C10H7BrCl2N2O2S2/c1-5-9(18-10(13)14-5)19(16,17)15-7-4-2-3-6(12)8(7)11/h2-4,15H,1H3. The van der Waals surface area contributed by atoms with Gasteiger partial charge in [-0.3, -0.25) is 4.72 Å². The Kier molecular flexibility index (Phi) is 4.42. The molecule has 0 amide bonds. The van der Waals surface area contributed by atoms with Gasteiger partial charge >= 0.3 is 0 Å². The number of hydrogen-bond donors (Lipinski definition) is 1. The van der Waals surface area contributed by atoms with Gasteiger partial charge in [-0.1, -0.05) is 40.6 Å². The van der Waals surface area contributed by atoms with E-state index in [0.29, 0.717) is 20.9 Å². The number of nitrogens with zero attached hydrogens (tertiary/aromatic N) is 1. The Morgan fingerprint density at radius 2 is 2.05 bits per heavy atom. The van der Waals surface area contributed by atoms with Gasteiger partial charge in [-0.25, -0.2) is 13.4 Å². The Morgan fingerprint density at radius 3 is 2.63 bits per heavy atom. The van der Waals surface area contributed by atoms with Crippen molar-refractivity contribution in [3.63, 3.8) is 0 Å². The second-order valence-corrected chi connectivity index (χ2v) is 8.21. The zero-order valence-electron chi connectivity index (χ0n) is 9.45. The number of sulfonamides is 1. The molecule has 0 unspecified atom stereocenters. The lowest BCUT2D eigenvalue weighted by atomic mass is 10.3. The Balaban J connectivity index is 2.42. The predicted octanol–water partition coefficient (Wildman–Crippen LogP) is 4.32. The summed E-state index contributed by atoms with van der Waals surface area (Å²) in [5.41, 5.74) is 0.720. The van der Waals surface area contributed by atoms with Crippen LogP contribution in [-0.4, -0.2) is 13.4 Å². The highest BCUT2D eigenvalue weighted by molar-refractivity contribution is 9.10. The van der Waals surface area contributed by atoms with E-state index in [1.165, 1.54) is 0 Å². The van der Waals surface area contributed by atoms with Crippen LogP contribution < -0.4 is 4.72 Å². The predicted molar refractivity (Wildman–Crippen MR) is 81.8 cm³/mol. The SMILES string of the molecule is Cc1nc(Cl)sc1S(=O)(=O)Nc1cccc(Cl)c1Br. The summed E-state index contributed by atoms with van der Waals surface area (Å²) in [6.45, 7) is 1.59. The van der Waals surface area contributed by atoms with Crippen molar-refractivity contribution in [3.8, 4) is 0 Å². The molecule has 102 valence electrons. The lowest BCUT2D eigenvalue weighted by molar-refractivity contribution is 0.602. The third-order valence-corrected chi connectivity index (χ3v) is 6.80. The molecule has 1 aromatic heterocycles. The van der Waals surface area contributed by atoms with Crippen LogP contribution in [0.4, 0.5) is 5.69 Å². The Labute approximate surface area is 132 Å². The highest BCUT2D eigenvalue weighted by Crippen LogP contribution is 2.33. The molecular weight excluding hydrogens is 395 g/mol. The fraction of sp³-hybridized carbons (Fsp3) is 0.100. The number of aryl methyl sites for hydroxylation is 1. The average Bonchev–Trinajstić information content (AvgIpc) is 2.65. The topological polar surface area (TPSA) is 59.1 Å². The summed E-state index contributed by atoms with van der Waals surface area (Å²) >= 11 is 15.8. The molecule has 0 aliphatic heterocycles. The molecule has 1 aromatic carbocycles. The molecule has 0 fully saturated rings. The van der Waals surface area contributed by atoms with E-state index >= 15 is 0 Å². The summed E-state index contributed by atoms with van der Waals surface area (Å²) in [6.07, 6.45) is 0. The normalized spacial score (nSPS) is 11.6. The van der Waals surface area contributed by atoms with Crippen molar-refractivity contribution in [2.75, 3.05) is 4.72 Å². The van der Waals surface area contributed by atoms with Crippen molar-refractivity contribution < 1.29 is 8.42 Å². The van der Waals surface area contributed by atoms with E-state index in [1.54, 1.807) is 25.1 Å². The molecule has 0 spiro atoms. The van der Waals surface area contributed by atoms with Crippen LogP contribution in [0.1, 0.15) is 5.69 Å². The lowest BCUT2D eigenvalue weighted by Crippen LogP contribution is -2.13. The molecule has 4 nitrogen and oxygen atoms in total. The number of rotatable bonds is 3. The molecule has 0 saturated heterocycles. The number of benzene rings is 1. The molecule has 0 bridgehead atoms. The largest absolute Gasteiger partial charge is 0.278 e. The van der Waals surface area contributed by atoms with Gasteiger partial charge in [-0.2, -0.15) is 0 Å². The molecule has 2 aromatic rings. The first-order valence-corrected chi connectivity index (χ1v) is 8.76. The third-order valence-electron chi connectivity index (χ3n) is 2.17. The van der Waals surface area contributed by atoms with E-state index in [9.17, 15) is 8.42 Å². The first-order chi connectivity index (χ1) is 8.81. The molecule has 0 saturated carbocycles. The maximum atomic E-state index is 12.2. The molecular formula is C10H7BrCl2N2O2S2. The van der Waals surface area contributed by atoms with Crippen LogP contribution in [0.15, 0.2) is 26.9 Å². The third kappa shape index (κ3) is 3.22. The van der Waals surface area contributed by atoms with Crippen molar-refractivity contribution in [1.29, 1.82) is 0 Å². The van der Waals surface area contributed by atoms with E-state index in [0.717, 1.165) is 11.3 Å². The number of halogens is 3. The molecule has 1 N–H and O–H groups in total. The zero-order chi connectivity index (χ0) is 14.2. The van der Waals surface area contributed by atoms with Gasteiger partial charge in [0.2, 0.25) is 0 Å². The molecule has 2 rings (SSSR count). The van der Waals surface area contributed by atoms with Gasteiger partial charge in [-0.05, 0) is 35.0 Å². The number of hydrogen-bond acceptors (Lipinski definition) is 4. The second-order valence-electron chi connectivity index (χ2n) is 3.55. The van der Waals surface area contributed by atoms with Crippen molar-refractivity contribution in [1.82, 2.24) is 4.98 Å². The first kappa shape index (κ1) is 15.1. The minimum absolute atomic E-state index is 0.0874. The van der Waals surface area contributed by atoms with Crippen molar-refractivity contribution in [3.05, 3.63) is 37.9 Å². The maximum Gasteiger partial charge on any atom is 0.273 e. The monoisotopic (exact) mass is 400 g/mol. The molecule has 1 heterocycles. The summed E-state index contributed by atoms with van der Waals surface area (Å²) in [4.78, 5) is 3.89. The van der Waals surface area contributed by atoms with E-state index in [1.807, 2.05) is 0 Å². The second kappa shape index (κ2) is 5.57. The van der Waals surface area contributed by atoms with Gasteiger partial charge < -0.3 is 0 Å². The van der Waals surface area contributed by atoms with Crippen LogP contribution in [0.5, 0.6) is 0 Å². The summed E-state index contributed by atoms with van der Waals surface area (Å²) < 4.78 is 27.7. The Morgan fingerprint density at radius 1 is 1.37 bits per heavy atom. The van der Waals surface area contributed by atoms with Crippen molar-refractivity contribution in [2.45, 2.75) is 11.1 Å². The number of anilines is 1. The number of aromatic nitrogens is 1. The first-order valence-electron chi connectivity index (χ1n) is 4.91. The van der Waals surface area contributed by atoms with Gasteiger partial charge in [0.15, 0.2) is 8.68 Å². The van der Waals surface area contributed by atoms with Gasteiger partial charge in [0.05, 0.1) is 20.9 Å². The molecule has 0 atom stereocenters. The quantitative estimate of drug-likeness (QED) is 0.832. The smallest absolute Gasteiger partial charge is 0.273 e. The van der Waals surface area contributed by atoms with E-state index in [-0.39, 0.29) is 8.68 Å². The van der Waals surface area contributed by atoms with Crippen molar-refractivity contribution >= 4 is 66.2 Å². The summed E-state index contributed by atoms with van der Waals surface area (Å²) in [5.74, 6) is 0. The molecule has 0 aliphatic carbocycles. The fourth-order valence-electron chi connectivity index (χ4n) is 1.37. The minimum atomic E-state index is -3.73. The van der Waals surface area contributed by atoms with Crippen LogP contribution in [0.2, 0.25) is 9.49 Å². The number of thiazole rings is 1. The zero-order valence-corrected chi connectivity index (χ0v) is 14.2. The van der Waals surface area contributed by atoms with Crippen LogP contribution in [0.25, 0.3) is 0 Å². The van der Waals surface area contributed by atoms with Gasteiger partial charge in [-0.15, -0.1) is 0 Å². The molecule has 9 heteroatoms. The van der Waals surface area contributed by atoms with Crippen LogP contribution in [-0.2, 0) is 10.0 Å². The minimum Gasteiger partial charge on any atom is -0.278 e. The Bertz CT molecular complexity index is 731. The highest BCUT2D eigenvalue weighted by Gasteiger charge is 2.22. The summed E-state index contributed by atoms with van der Waals surface area (Å²) in [6, 6.07) is 4.90. The van der Waals surface area contributed by atoms with Crippen LogP contribution in [0.3, 0.4) is 0 Å². The van der Waals surface area contributed by atoms with Crippen LogP contribution >= 0.6 is 50.5 Å². The lowest BCUT2D eigenvalue weighted by Gasteiger charge is -2.09. The molecule has 0 aliphatic rings. The Hall–Kier alpha value is -0.340. The van der Waals surface area contributed by atoms with Gasteiger partial charge in [0.1, 0.15) is 0 Å². The van der Waals surface area contributed by atoms with Gasteiger partial charge in [0, 0.05) is 0 Å². The summed E-state index contributed by atoms with van der Waals surface area (Å²) in [7, 11) is -3.73. The fourth-order valence-corrected chi connectivity index (χ4v) is 4.85. The van der Waals surface area contributed by atoms with Gasteiger partial charge in [0.25, 0.3) is 10.0 Å². The molecule has 19 heavy (non-hydrogen) atoms. The van der Waals surface area contributed by atoms with E-state index in [2.05, 4.69) is 25.6 Å². The molecule has 0 radical (unpaired) electrons. The van der Waals surface area contributed by atoms with Crippen LogP contribution in [0, 0.1) is 6.92 Å². The highest BCUT2D eigenvalue weighted by atomic mass is 79.9. The van der Waals surface area contributed by atoms with Crippen molar-refractivity contribution in [2.24, 2.45) is 0 Å². The summed E-state index contributed by atoms with van der Waals surface area (Å²) in [5, 5.41) is 0.416.